The van der Waals surface area contributed by atoms with E-state index in [1.165, 1.54) is 0 Å². The molecule has 1 N–H and O–H groups in total. The van der Waals surface area contributed by atoms with Gasteiger partial charge in [-0.1, -0.05) is 12.1 Å². The topological polar surface area (TPSA) is 54.0 Å². The van der Waals surface area contributed by atoms with E-state index < -0.39 is 0 Å². The normalized spacial score (nSPS) is 10.9. The fraction of sp³-hybridized carbons (Fsp3) is 0.250. The molecule has 0 saturated heterocycles. The molecule has 0 unspecified atom stereocenters. The maximum Gasteiger partial charge on any atom is 0.180 e. The molecule has 0 aliphatic rings. The minimum atomic E-state index is 0.718. The van der Waals surface area contributed by atoms with Gasteiger partial charge in [-0.2, -0.15) is 0 Å². The minimum Gasteiger partial charge on any atom is -0.496 e. The van der Waals surface area contributed by atoms with Gasteiger partial charge in [0.2, 0.25) is 0 Å². The molecule has 0 atom stereocenters. The highest BCUT2D eigenvalue weighted by atomic mass is 16.5. The lowest BCUT2D eigenvalue weighted by molar-refractivity contribution is 0.412. The molecule has 0 bridgehead atoms. The second-order valence-electron chi connectivity index (χ2n) is 5.20. The minimum absolute atomic E-state index is 0.718. The number of fused-ring (bicyclic) bond motifs is 1. The van der Waals surface area contributed by atoms with E-state index in [0.29, 0.717) is 0 Å². The van der Waals surface area contributed by atoms with Crippen LogP contribution in [0.4, 0.5) is 5.82 Å². The van der Waals surface area contributed by atoms with Crippen LogP contribution in [0.1, 0.15) is 5.56 Å². The van der Waals surface area contributed by atoms with E-state index in [4.69, 9.17) is 4.74 Å². The summed E-state index contributed by atoms with van der Waals surface area (Å²) >= 11 is 0. The number of nitrogens with zero attached hydrogens (tertiary/aromatic N) is 3. The molecule has 3 rings (SSSR count). The molecular weight excluding hydrogens is 264 g/mol. The Labute approximate surface area is 123 Å². The summed E-state index contributed by atoms with van der Waals surface area (Å²) in [6.07, 6.45) is 0. The molecular formula is C16H18N4O. The number of rotatable bonds is 3. The maximum atomic E-state index is 5.37. The van der Waals surface area contributed by atoms with Gasteiger partial charge < -0.3 is 14.6 Å². The maximum absolute atomic E-state index is 5.37. The molecule has 0 radical (unpaired) electrons. The van der Waals surface area contributed by atoms with Crippen LogP contribution in [0.3, 0.4) is 0 Å². The van der Waals surface area contributed by atoms with Gasteiger partial charge in [0.1, 0.15) is 17.4 Å². The first-order valence-electron chi connectivity index (χ1n) is 6.77. The van der Waals surface area contributed by atoms with Crippen LogP contribution in [-0.2, 0) is 0 Å². The molecule has 2 heterocycles. The third-order valence-electron chi connectivity index (χ3n) is 3.47. The summed E-state index contributed by atoms with van der Waals surface area (Å²) in [4.78, 5) is 14.4. The zero-order chi connectivity index (χ0) is 15.0. The van der Waals surface area contributed by atoms with Gasteiger partial charge in [0.15, 0.2) is 5.65 Å². The zero-order valence-corrected chi connectivity index (χ0v) is 12.6. The molecule has 0 amide bonds. The first-order valence-corrected chi connectivity index (χ1v) is 6.77. The molecule has 108 valence electrons. The lowest BCUT2D eigenvalue weighted by Gasteiger charge is -2.09. The van der Waals surface area contributed by atoms with Gasteiger partial charge in [0.25, 0.3) is 0 Å². The Bertz CT molecular complexity index is 792. The highest BCUT2D eigenvalue weighted by molar-refractivity contribution is 5.78. The van der Waals surface area contributed by atoms with Crippen LogP contribution in [0.25, 0.3) is 22.6 Å². The van der Waals surface area contributed by atoms with Gasteiger partial charge in [-0.15, -0.1) is 0 Å². The van der Waals surface area contributed by atoms with Gasteiger partial charge in [0, 0.05) is 19.7 Å². The molecule has 0 aliphatic heterocycles. The van der Waals surface area contributed by atoms with Crippen LogP contribution in [0.2, 0.25) is 0 Å². The molecule has 0 saturated carbocycles. The van der Waals surface area contributed by atoms with E-state index in [9.17, 15) is 0 Å². The van der Waals surface area contributed by atoms with E-state index in [1.54, 1.807) is 7.11 Å². The van der Waals surface area contributed by atoms with Gasteiger partial charge in [-0.3, -0.25) is 0 Å². The van der Waals surface area contributed by atoms with E-state index in [-0.39, 0.29) is 0 Å². The molecule has 3 aromatic rings. The van der Waals surface area contributed by atoms with Crippen molar-refractivity contribution < 1.29 is 4.74 Å². The summed E-state index contributed by atoms with van der Waals surface area (Å²) in [7, 11) is 5.61. The van der Waals surface area contributed by atoms with Crippen molar-refractivity contribution in [3.8, 4) is 17.1 Å². The highest BCUT2D eigenvalue weighted by Gasteiger charge is 2.09. The second-order valence-corrected chi connectivity index (χ2v) is 5.20. The first-order chi connectivity index (χ1) is 10.1. The number of methoxy groups -OCH3 is 1. The Morgan fingerprint density at radius 2 is 1.90 bits per heavy atom. The molecule has 1 aromatic carbocycles. The number of imidazole rings is 1. The molecule has 21 heavy (non-hydrogen) atoms. The third-order valence-corrected chi connectivity index (χ3v) is 3.47. The Balaban J connectivity index is 2.08. The number of ether oxygens (including phenoxy) is 1. The molecule has 0 spiro atoms. The van der Waals surface area contributed by atoms with Crippen molar-refractivity contribution in [2.45, 2.75) is 6.92 Å². The summed E-state index contributed by atoms with van der Waals surface area (Å²) in [5.41, 5.74) is 3.73. The average Bonchev–Trinajstić information content (AvgIpc) is 2.90. The number of hydrogen-bond acceptors (Lipinski definition) is 4. The largest absolute Gasteiger partial charge is 0.496 e. The molecule has 2 aromatic heterocycles. The first kappa shape index (κ1) is 13.4. The van der Waals surface area contributed by atoms with Crippen molar-refractivity contribution >= 4 is 17.0 Å². The number of aromatic nitrogens is 3. The van der Waals surface area contributed by atoms with E-state index in [0.717, 1.165) is 39.7 Å². The van der Waals surface area contributed by atoms with Crippen molar-refractivity contribution in [1.29, 1.82) is 0 Å². The van der Waals surface area contributed by atoms with Crippen LogP contribution in [-0.4, -0.2) is 36.2 Å². The number of aryl methyl sites for hydroxylation is 1. The standard InChI is InChI=1S/C16H18N4O/c1-10-5-6-11(9-13(10)21-4)15-17-12-7-8-14(20(2)3)18-16(12)19-15/h5-9H,1-4H3,(H,17,18,19). The quantitative estimate of drug-likeness (QED) is 0.802. The van der Waals surface area contributed by atoms with Gasteiger partial charge in [0.05, 0.1) is 12.6 Å². The predicted molar refractivity (Wildman–Crippen MR) is 84.9 cm³/mol. The number of anilines is 1. The second kappa shape index (κ2) is 5.09. The Morgan fingerprint density at radius 1 is 1.10 bits per heavy atom. The fourth-order valence-corrected chi connectivity index (χ4v) is 2.24. The molecule has 0 fully saturated rings. The zero-order valence-electron chi connectivity index (χ0n) is 12.6. The summed E-state index contributed by atoms with van der Waals surface area (Å²) in [6, 6.07) is 10.0. The van der Waals surface area contributed by atoms with Crippen LogP contribution in [0.5, 0.6) is 5.75 Å². The van der Waals surface area contributed by atoms with Crippen LogP contribution >= 0.6 is 0 Å². The van der Waals surface area contributed by atoms with Crippen molar-refractivity contribution in [1.82, 2.24) is 15.0 Å². The van der Waals surface area contributed by atoms with E-state index in [1.807, 2.05) is 56.3 Å². The van der Waals surface area contributed by atoms with E-state index in [2.05, 4.69) is 15.0 Å². The van der Waals surface area contributed by atoms with E-state index >= 15 is 0 Å². The molecule has 5 nitrogen and oxygen atoms in total. The summed E-state index contributed by atoms with van der Waals surface area (Å²) in [5.74, 6) is 2.55. The van der Waals surface area contributed by atoms with Gasteiger partial charge in [-0.25, -0.2) is 9.97 Å². The van der Waals surface area contributed by atoms with Crippen molar-refractivity contribution in [2.75, 3.05) is 26.1 Å². The fourth-order valence-electron chi connectivity index (χ4n) is 2.24. The number of hydrogen-bond donors (Lipinski definition) is 1. The van der Waals surface area contributed by atoms with Crippen LogP contribution < -0.4 is 9.64 Å². The highest BCUT2D eigenvalue weighted by Crippen LogP contribution is 2.26. The number of nitrogens with one attached hydrogen (secondary N) is 1. The average molecular weight is 282 g/mol. The van der Waals surface area contributed by atoms with Crippen LogP contribution in [0, 0.1) is 6.92 Å². The number of H-pyrrole nitrogens is 1. The predicted octanol–water partition coefficient (Wildman–Crippen LogP) is 3.01. The Morgan fingerprint density at radius 3 is 2.62 bits per heavy atom. The van der Waals surface area contributed by atoms with Gasteiger partial charge >= 0.3 is 0 Å². The summed E-state index contributed by atoms with van der Waals surface area (Å²) in [5, 5.41) is 0. The van der Waals surface area contributed by atoms with Gasteiger partial charge in [-0.05, 0) is 30.7 Å². The lowest BCUT2D eigenvalue weighted by atomic mass is 10.1. The summed E-state index contributed by atoms with van der Waals surface area (Å²) < 4.78 is 5.37. The molecule has 0 aliphatic carbocycles. The molecule has 5 heteroatoms. The Kier molecular flexibility index (Phi) is 3.25. The van der Waals surface area contributed by atoms with Crippen molar-refractivity contribution in [3.05, 3.63) is 35.9 Å². The SMILES string of the molecule is COc1cc(-c2nc3nc(N(C)C)ccc3[nH]2)ccc1C. The monoisotopic (exact) mass is 282 g/mol. The van der Waals surface area contributed by atoms with Crippen LogP contribution in [0.15, 0.2) is 30.3 Å². The third kappa shape index (κ3) is 2.42. The number of benzene rings is 1. The summed E-state index contributed by atoms with van der Waals surface area (Å²) in [6.45, 7) is 2.02. The smallest absolute Gasteiger partial charge is 0.180 e. The number of pyridine rings is 1. The Hall–Kier alpha value is -2.56. The van der Waals surface area contributed by atoms with Crippen molar-refractivity contribution in [3.63, 3.8) is 0 Å². The van der Waals surface area contributed by atoms with Crippen molar-refractivity contribution in [2.24, 2.45) is 0 Å². The number of aromatic amines is 1. The lowest BCUT2D eigenvalue weighted by Crippen LogP contribution is -2.10.